The van der Waals surface area contributed by atoms with E-state index in [2.05, 4.69) is 25.5 Å². The normalized spacial score (nSPS) is 11.0. The molecule has 0 atom stereocenters. The SMILES string of the molecule is CCOC(=O)c1ccc2nc(Cc3ccc(-c4cccc(OCc5ccc(C#N)cc5F)n4)cc3Br)n(CCOC)c2c1. The summed E-state index contributed by atoms with van der Waals surface area (Å²) in [5.41, 5.74) is 5.29. The van der Waals surface area contributed by atoms with Crippen LogP contribution in [0.5, 0.6) is 5.88 Å². The minimum Gasteiger partial charge on any atom is -0.473 e. The molecule has 0 amide bonds. The summed E-state index contributed by atoms with van der Waals surface area (Å²) in [7, 11) is 1.65. The monoisotopic (exact) mass is 642 g/mol. The molecule has 218 valence electrons. The van der Waals surface area contributed by atoms with E-state index in [0.717, 1.165) is 32.5 Å². The topological polar surface area (TPSA) is 99.3 Å². The minimum absolute atomic E-state index is 0.0119. The maximum Gasteiger partial charge on any atom is 0.338 e. The van der Waals surface area contributed by atoms with E-state index in [1.54, 1.807) is 32.2 Å². The summed E-state index contributed by atoms with van der Waals surface area (Å²) in [6, 6.07) is 23.0. The summed E-state index contributed by atoms with van der Waals surface area (Å²) < 4.78 is 33.5. The lowest BCUT2D eigenvalue weighted by Gasteiger charge is -2.12. The van der Waals surface area contributed by atoms with Crippen LogP contribution in [0.2, 0.25) is 0 Å². The molecular weight excluding hydrogens is 615 g/mol. The molecule has 43 heavy (non-hydrogen) atoms. The van der Waals surface area contributed by atoms with E-state index in [1.165, 1.54) is 12.1 Å². The Morgan fingerprint density at radius 1 is 1.05 bits per heavy atom. The molecule has 5 aromatic rings. The van der Waals surface area contributed by atoms with Gasteiger partial charge < -0.3 is 18.8 Å². The number of carbonyl (C=O) groups is 1. The number of ether oxygens (including phenoxy) is 3. The molecule has 0 fully saturated rings. The highest BCUT2D eigenvalue weighted by molar-refractivity contribution is 9.10. The van der Waals surface area contributed by atoms with E-state index in [1.807, 2.05) is 48.5 Å². The number of benzene rings is 3. The summed E-state index contributed by atoms with van der Waals surface area (Å²) in [5, 5.41) is 8.94. The maximum absolute atomic E-state index is 14.3. The van der Waals surface area contributed by atoms with Gasteiger partial charge in [-0.15, -0.1) is 0 Å². The molecule has 0 radical (unpaired) electrons. The molecule has 0 N–H and O–H groups in total. The fourth-order valence-corrected chi connectivity index (χ4v) is 5.16. The maximum atomic E-state index is 14.3. The zero-order valence-electron chi connectivity index (χ0n) is 23.6. The number of carbonyl (C=O) groups excluding carboxylic acids is 1. The van der Waals surface area contributed by atoms with Gasteiger partial charge >= 0.3 is 5.97 Å². The van der Waals surface area contributed by atoms with Crippen LogP contribution in [0.1, 0.15) is 39.8 Å². The Hall–Kier alpha value is -4.59. The predicted octanol–water partition coefficient (Wildman–Crippen LogP) is 6.86. The van der Waals surface area contributed by atoms with Crippen molar-refractivity contribution in [2.45, 2.75) is 26.5 Å². The third kappa shape index (κ3) is 6.91. The molecule has 2 aromatic heterocycles. The summed E-state index contributed by atoms with van der Waals surface area (Å²) in [6.45, 7) is 3.14. The Morgan fingerprint density at radius 3 is 2.63 bits per heavy atom. The van der Waals surface area contributed by atoms with Crippen molar-refractivity contribution in [2.24, 2.45) is 0 Å². The van der Waals surface area contributed by atoms with Crippen molar-refractivity contribution in [3.63, 3.8) is 0 Å². The van der Waals surface area contributed by atoms with Gasteiger partial charge in [-0.25, -0.2) is 19.2 Å². The fourth-order valence-electron chi connectivity index (χ4n) is 4.64. The van der Waals surface area contributed by atoms with Crippen LogP contribution in [0.4, 0.5) is 4.39 Å². The third-order valence-corrected chi connectivity index (χ3v) is 7.57. The first-order valence-corrected chi connectivity index (χ1v) is 14.4. The Morgan fingerprint density at radius 2 is 1.88 bits per heavy atom. The van der Waals surface area contributed by atoms with Crippen molar-refractivity contribution in [2.75, 3.05) is 20.3 Å². The van der Waals surface area contributed by atoms with Gasteiger partial charge in [0.2, 0.25) is 5.88 Å². The van der Waals surface area contributed by atoms with Crippen LogP contribution in [-0.4, -0.2) is 40.8 Å². The van der Waals surface area contributed by atoms with Gasteiger partial charge in [-0.05, 0) is 55.0 Å². The van der Waals surface area contributed by atoms with Gasteiger partial charge in [0.15, 0.2) is 0 Å². The van der Waals surface area contributed by atoms with Crippen LogP contribution < -0.4 is 4.74 Å². The molecule has 3 aromatic carbocycles. The average Bonchev–Trinajstić information content (AvgIpc) is 3.36. The standard InChI is InChI=1S/C33H28BrFN4O4/c1-3-42-33(40)24-11-12-29-30(17-24)39(13-14-41-2)31(37-29)18-22-9-10-23(16-26(22)34)28-5-4-6-32(38-28)43-20-25-8-7-21(19-36)15-27(25)35/h4-12,15-17H,3,13-14,18,20H2,1-2H3. The van der Waals surface area contributed by atoms with Crippen molar-refractivity contribution in [3.05, 3.63) is 111 Å². The summed E-state index contributed by atoms with van der Waals surface area (Å²) in [4.78, 5) is 21.8. The Kier molecular flexibility index (Phi) is 9.45. The second-order valence-electron chi connectivity index (χ2n) is 9.65. The highest BCUT2D eigenvalue weighted by Gasteiger charge is 2.16. The Bertz CT molecular complexity index is 1830. The van der Waals surface area contributed by atoms with Crippen LogP contribution in [0.3, 0.4) is 0 Å². The van der Waals surface area contributed by atoms with Gasteiger partial charge in [0.1, 0.15) is 18.2 Å². The first-order chi connectivity index (χ1) is 20.9. The van der Waals surface area contributed by atoms with E-state index in [-0.39, 0.29) is 18.1 Å². The molecule has 10 heteroatoms. The largest absolute Gasteiger partial charge is 0.473 e. The van der Waals surface area contributed by atoms with Crippen molar-refractivity contribution in [1.29, 1.82) is 5.26 Å². The van der Waals surface area contributed by atoms with Gasteiger partial charge in [0.05, 0.1) is 47.1 Å². The average molecular weight is 644 g/mol. The number of aromatic nitrogens is 3. The van der Waals surface area contributed by atoms with Crippen molar-refractivity contribution >= 4 is 32.9 Å². The van der Waals surface area contributed by atoms with Crippen molar-refractivity contribution in [1.82, 2.24) is 14.5 Å². The van der Waals surface area contributed by atoms with Gasteiger partial charge in [-0.3, -0.25) is 0 Å². The van der Waals surface area contributed by atoms with Crippen molar-refractivity contribution < 1.29 is 23.4 Å². The number of esters is 1. The lowest BCUT2D eigenvalue weighted by molar-refractivity contribution is 0.0526. The van der Waals surface area contributed by atoms with Crippen LogP contribution in [-0.2, 0) is 29.0 Å². The first kappa shape index (κ1) is 29.9. The second-order valence-corrected chi connectivity index (χ2v) is 10.5. The van der Waals surface area contributed by atoms with Gasteiger partial charge in [0, 0.05) is 41.7 Å². The first-order valence-electron chi connectivity index (χ1n) is 13.6. The lowest BCUT2D eigenvalue weighted by atomic mass is 10.1. The fraction of sp³-hybridized carbons (Fsp3) is 0.212. The number of methoxy groups -OCH3 is 1. The molecule has 0 bridgehead atoms. The summed E-state index contributed by atoms with van der Waals surface area (Å²) >= 11 is 3.72. The molecule has 0 saturated carbocycles. The van der Waals surface area contributed by atoms with E-state index in [9.17, 15) is 9.18 Å². The lowest BCUT2D eigenvalue weighted by Crippen LogP contribution is -2.10. The number of hydrogen-bond donors (Lipinski definition) is 0. The van der Waals surface area contributed by atoms with E-state index in [0.29, 0.717) is 48.9 Å². The number of imidazole rings is 1. The molecule has 0 aliphatic rings. The highest BCUT2D eigenvalue weighted by atomic mass is 79.9. The quantitative estimate of drug-likeness (QED) is 0.145. The van der Waals surface area contributed by atoms with Crippen LogP contribution >= 0.6 is 15.9 Å². The Balaban J connectivity index is 1.36. The number of hydrogen-bond acceptors (Lipinski definition) is 7. The minimum atomic E-state index is -0.495. The number of nitrogens with zero attached hydrogens (tertiary/aromatic N) is 4. The number of nitriles is 1. The molecule has 8 nitrogen and oxygen atoms in total. The van der Waals surface area contributed by atoms with Crippen LogP contribution in [0, 0.1) is 17.1 Å². The zero-order chi connectivity index (χ0) is 30.3. The number of fused-ring (bicyclic) bond motifs is 1. The van der Waals surface area contributed by atoms with Crippen LogP contribution in [0.25, 0.3) is 22.3 Å². The van der Waals surface area contributed by atoms with Gasteiger partial charge in [0.25, 0.3) is 0 Å². The van der Waals surface area contributed by atoms with Crippen LogP contribution in [0.15, 0.2) is 77.3 Å². The van der Waals surface area contributed by atoms with Gasteiger partial charge in [-0.1, -0.05) is 40.2 Å². The van der Waals surface area contributed by atoms with Crippen molar-refractivity contribution in [3.8, 4) is 23.2 Å². The second kappa shape index (κ2) is 13.6. The molecule has 2 heterocycles. The number of halogens is 2. The predicted molar refractivity (Wildman–Crippen MR) is 163 cm³/mol. The molecule has 5 rings (SSSR count). The molecule has 0 spiro atoms. The molecule has 0 unspecified atom stereocenters. The number of rotatable bonds is 11. The smallest absolute Gasteiger partial charge is 0.338 e. The summed E-state index contributed by atoms with van der Waals surface area (Å²) in [5.74, 6) is 0.332. The van der Waals surface area contributed by atoms with E-state index >= 15 is 0 Å². The molecule has 0 aliphatic carbocycles. The molecular formula is C33H28BrFN4O4. The zero-order valence-corrected chi connectivity index (χ0v) is 25.2. The molecule has 0 saturated heterocycles. The van der Waals surface area contributed by atoms with Gasteiger partial charge in [-0.2, -0.15) is 5.26 Å². The highest BCUT2D eigenvalue weighted by Crippen LogP contribution is 2.29. The third-order valence-electron chi connectivity index (χ3n) is 6.84. The summed E-state index contributed by atoms with van der Waals surface area (Å²) in [6.07, 6.45) is 0.542. The molecule has 0 aliphatic heterocycles. The number of pyridine rings is 1. The van der Waals surface area contributed by atoms with E-state index < -0.39 is 5.82 Å². The van der Waals surface area contributed by atoms with E-state index in [4.69, 9.17) is 24.5 Å². The Labute approximate surface area is 256 Å².